The molecule has 12 N–H and O–H groups in total. The molecule has 31 nitrogen and oxygen atoms in total. The van der Waals surface area contributed by atoms with E-state index in [1.54, 1.807) is 0 Å². The predicted molar refractivity (Wildman–Crippen MR) is 313 cm³/mol. The van der Waals surface area contributed by atoms with Crippen LogP contribution in [0.4, 0.5) is 39.5 Å². The lowest BCUT2D eigenvalue weighted by atomic mass is 9.78. The Hall–Kier alpha value is -5.02. The smallest absolute Gasteiger partial charge is 0.378 e. The van der Waals surface area contributed by atoms with Crippen molar-refractivity contribution < 1.29 is 135 Å². The van der Waals surface area contributed by atoms with E-state index in [0.717, 1.165) is 0 Å². The number of amides is 7. The normalized spacial score (nSPS) is 12.0. The topological polar surface area (TPSA) is 401 Å². The summed E-state index contributed by atoms with van der Waals surface area (Å²) in [5, 5.41) is 9.82. The van der Waals surface area contributed by atoms with Crippen molar-refractivity contribution in [3.8, 4) is 0 Å². The summed E-state index contributed by atoms with van der Waals surface area (Å²) >= 11 is 0. The quantitative estimate of drug-likeness (QED) is 0.0220. The second kappa shape index (κ2) is 56.0. The molecule has 552 valence electrons. The molecule has 0 aliphatic rings. The third kappa shape index (κ3) is 55.1. The Bertz CT molecular complexity index is 1790. The number of nitrogens with one attached hydrogen (secondary N) is 4. The molecule has 0 aliphatic carbocycles. The van der Waals surface area contributed by atoms with Crippen molar-refractivity contribution in [3.63, 3.8) is 0 Å². The first-order chi connectivity index (χ1) is 44.8. The van der Waals surface area contributed by atoms with Gasteiger partial charge in [0.25, 0.3) is 0 Å². The molecule has 0 aromatic carbocycles. The van der Waals surface area contributed by atoms with Crippen molar-refractivity contribution in [2.75, 3.05) is 263 Å². The fraction of sp³-hybridized carbons (Fsp3) is 0.870. The van der Waals surface area contributed by atoms with Crippen LogP contribution in [0.5, 0.6) is 0 Å². The summed E-state index contributed by atoms with van der Waals surface area (Å²) in [6.07, 6.45) is -25.0. The van der Waals surface area contributed by atoms with E-state index < -0.39 is 137 Å². The number of rotatable bonds is 63. The fourth-order valence-corrected chi connectivity index (χ4v) is 7.75. The van der Waals surface area contributed by atoms with Gasteiger partial charge >= 0.3 is 18.5 Å². The molecule has 0 saturated heterocycles. The van der Waals surface area contributed by atoms with Crippen LogP contribution in [0.25, 0.3) is 0 Å². The fourth-order valence-electron chi connectivity index (χ4n) is 7.75. The van der Waals surface area contributed by atoms with E-state index in [-0.39, 0.29) is 163 Å². The average Bonchev–Trinajstić information content (AvgIpc) is 0.817. The van der Waals surface area contributed by atoms with Crippen molar-refractivity contribution in [2.45, 2.75) is 37.8 Å². The Balaban J connectivity index is 6.98. The maximum atomic E-state index is 14.4. The number of alkyl halides is 9. The SMILES string of the molecule is NCCOCCOCCOCCNC(=O)CN(CC(=O)NCCOCCOCCOCCN)C(=O)CN(CC(=O)N(CC(=O)NCCOCCOCCOCCN)CC(=O)NCCOCCOCCOCCN)C(=O)COCC(CC(F)(F)F)(CC(F)(F)F)CC(F)(F)F. The van der Waals surface area contributed by atoms with E-state index in [2.05, 4.69) is 21.3 Å². The summed E-state index contributed by atoms with van der Waals surface area (Å²) < 4.78 is 193. The summed E-state index contributed by atoms with van der Waals surface area (Å²) in [4.78, 5) is 97.8. The average molecular weight is 1390 g/mol. The molecule has 94 heavy (non-hydrogen) atoms. The minimum Gasteiger partial charge on any atom is -0.378 e. The minimum atomic E-state index is -5.64. The van der Waals surface area contributed by atoms with Crippen LogP contribution >= 0.6 is 0 Å². The minimum absolute atomic E-state index is 0.0733. The highest BCUT2D eigenvalue weighted by Crippen LogP contribution is 2.48. The maximum Gasteiger partial charge on any atom is 0.389 e. The monoisotopic (exact) mass is 1390 g/mol. The molecule has 0 aromatic rings. The molecule has 0 atom stereocenters. The summed E-state index contributed by atoms with van der Waals surface area (Å²) in [5.41, 5.74) is 17.7. The lowest BCUT2D eigenvalue weighted by Gasteiger charge is -2.36. The second-order valence-electron chi connectivity index (χ2n) is 20.0. The van der Waals surface area contributed by atoms with Crippen molar-refractivity contribution in [3.05, 3.63) is 0 Å². The molecule has 0 saturated carbocycles. The zero-order valence-electron chi connectivity index (χ0n) is 53.1. The number of carbonyl (C=O) groups is 7. The van der Waals surface area contributed by atoms with E-state index in [0.29, 0.717) is 62.4 Å². The molecule has 7 amide bonds. The predicted octanol–water partition coefficient (Wildman–Crippen LogP) is -3.17. The van der Waals surface area contributed by atoms with E-state index in [1.165, 1.54) is 0 Å². The zero-order chi connectivity index (χ0) is 70.2. The summed E-state index contributed by atoms with van der Waals surface area (Å²) in [6.45, 7) is -5.87. The van der Waals surface area contributed by atoms with Crippen LogP contribution in [0.2, 0.25) is 0 Å². The highest BCUT2D eigenvalue weighted by atomic mass is 19.4. The summed E-state index contributed by atoms with van der Waals surface area (Å²) in [7, 11) is 0. The molecule has 0 heterocycles. The van der Waals surface area contributed by atoms with Gasteiger partial charge in [0.1, 0.15) is 45.9 Å². The van der Waals surface area contributed by atoms with Crippen molar-refractivity contribution in [2.24, 2.45) is 28.3 Å². The largest absolute Gasteiger partial charge is 0.389 e. The Labute approximate surface area is 540 Å². The number of carbonyl (C=O) groups excluding carboxylic acids is 7. The van der Waals surface area contributed by atoms with Gasteiger partial charge in [-0.05, 0) is 0 Å². The van der Waals surface area contributed by atoms with Gasteiger partial charge in [0.05, 0.1) is 184 Å². The third-order valence-electron chi connectivity index (χ3n) is 11.7. The van der Waals surface area contributed by atoms with Gasteiger partial charge in [0, 0.05) is 57.8 Å². The second-order valence-corrected chi connectivity index (χ2v) is 20.0. The number of halogens is 9. The highest BCUT2D eigenvalue weighted by Gasteiger charge is 2.54. The van der Waals surface area contributed by atoms with Gasteiger partial charge in [-0.25, -0.2) is 0 Å². The number of nitrogens with two attached hydrogens (primary N) is 4. The first-order valence-electron chi connectivity index (χ1n) is 30.2. The molecule has 0 unspecified atom stereocenters. The standard InChI is InChI=1S/C54H98F9N11O20/c55-52(56,57)40-51(41-53(58,59)60,42-54(61,62)63)43-94-39-50(81)74(37-48(79)72(33-44(75)68-5-13-86-21-29-90-25-17-82-9-1-64)34-45(76)69-6-14-87-22-30-91-26-18-83-10-2-65)38-49(80)73(35-46(77)70-7-15-88-23-31-92-27-19-84-11-3-66)36-47(78)71-8-16-89-24-32-93-28-20-85-12-4-67/h1-43,64-67H2,(H,68,75)(H,69,76)(H,70,77)(H,71,78). The molecular formula is C54H98F9N11O20. The van der Waals surface area contributed by atoms with Gasteiger partial charge in [0.2, 0.25) is 41.4 Å². The van der Waals surface area contributed by atoms with E-state index in [1.807, 2.05) is 0 Å². The summed E-state index contributed by atoms with van der Waals surface area (Å²) in [6, 6.07) is 0. The van der Waals surface area contributed by atoms with Crippen LogP contribution in [0.1, 0.15) is 19.3 Å². The van der Waals surface area contributed by atoms with Crippen LogP contribution in [-0.2, 0) is 95.1 Å². The highest BCUT2D eigenvalue weighted by molar-refractivity contribution is 5.95. The van der Waals surface area contributed by atoms with Gasteiger partial charge in [0.15, 0.2) is 0 Å². The van der Waals surface area contributed by atoms with Gasteiger partial charge in [-0.15, -0.1) is 0 Å². The Kier molecular flexibility index (Phi) is 53.1. The Morgan fingerprint density at radius 1 is 0.277 bits per heavy atom. The van der Waals surface area contributed by atoms with Gasteiger partial charge < -0.3 is 120 Å². The van der Waals surface area contributed by atoms with Gasteiger partial charge in [-0.3, -0.25) is 33.6 Å². The number of ether oxygens (including phenoxy) is 13. The molecule has 0 aromatic heterocycles. The van der Waals surface area contributed by atoms with Crippen LogP contribution in [0.15, 0.2) is 0 Å². The molecule has 40 heteroatoms. The van der Waals surface area contributed by atoms with Crippen molar-refractivity contribution in [1.82, 2.24) is 36.0 Å². The number of hydrogen-bond donors (Lipinski definition) is 8. The first kappa shape index (κ1) is 89.0. The van der Waals surface area contributed by atoms with E-state index >= 15 is 0 Å². The van der Waals surface area contributed by atoms with Crippen LogP contribution < -0.4 is 44.2 Å². The molecule has 0 radical (unpaired) electrons. The Morgan fingerprint density at radius 2 is 0.479 bits per heavy atom. The van der Waals surface area contributed by atoms with Gasteiger partial charge in [-0.1, -0.05) is 0 Å². The molecule has 0 rings (SSSR count). The third-order valence-corrected chi connectivity index (χ3v) is 11.7. The van der Waals surface area contributed by atoms with Crippen LogP contribution in [0.3, 0.4) is 0 Å². The molecule has 0 spiro atoms. The zero-order valence-corrected chi connectivity index (χ0v) is 53.1. The molecule has 0 bridgehead atoms. The maximum absolute atomic E-state index is 14.4. The van der Waals surface area contributed by atoms with Crippen molar-refractivity contribution >= 4 is 41.4 Å². The van der Waals surface area contributed by atoms with Crippen LogP contribution in [0, 0.1) is 5.41 Å². The molecule has 0 aliphatic heterocycles. The number of nitrogens with zero attached hydrogens (tertiary/aromatic N) is 3. The summed E-state index contributed by atoms with van der Waals surface area (Å²) in [5.74, 6) is -8.04. The lowest BCUT2D eigenvalue weighted by molar-refractivity contribution is -0.235. The van der Waals surface area contributed by atoms with Crippen molar-refractivity contribution in [1.29, 1.82) is 0 Å². The Morgan fingerprint density at radius 3 is 0.691 bits per heavy atom. The van der Waals surface area contributed by atoms with E-state index in [9.17, 15) is 73.1 Å². The molecule has 0 fully saturated rings. The van der Waals surface area contributed by atoms with Crippen LogP contribution in [-0.4, -0.2) is 338 Å². The van der Waals surface area contributed by atoms with E-state index in [4.69, 9.17) is 84.5 Å². The molecular weight excluding hydrogens is 1290 g/mol. The number of hydrogen-bond acceptors (Lipinski definition) is 24. The first-order valence-corrected chi connectivity index (χ1v) is 30.2. The lowest BCUT2D eigenvalue weighted by Crippen LogP contribution is -2.54. The van der Waals surface area contributed by atoms with Gasteiger partial charge in [-0.2, -0.15) is 39.5 Å².